The SMILES string of the molecule is N=C=NCc1ccccc1CN=C=N. The van der Waals surface area contributed by atoms with Gasteiger partial charge in [-0.25, -0.2) is 20.8 Å². The van der Waals surface area contributed by atoms with Crippen molar-refractivity contribution in [2.45, 2.75) is 13.1 Å². The summed E-state index contributed by atoms with van der Waals surface area (Å²) in [6.07, 6.45) is 0. The normalized spacial score (nSPS) is 8.57. The fourth-order valence-corrected chi connectivity index (χ4v) is 1.12. The van der Waals surface area contributed by atoms with Gasteiger partial charge in [0.05, 0.1) is 25.1 Å². The zero-order valence-electron chi connectivity index (χ0n) is 7.62. The van der Waals surface area contributed by atoms with Crippen molar-refractivity contribution in [3.8, 4) is 0 Å². The highest BCUT2D eigenvalue weighted by atomic mass is 14.7. The van der Waals surface area contributed by atoms with Crippen molar-refractivity contribution in [3.63, 3.8) is 0 Å². The molecule has 1 aromatic carbocycles. The van der Waals surface area contributed by atoms with Crippen molar-refractivity contribution in [3.05, 3.63) is 35.4 Å². The van der Waals surface area contributed by atoms with Crippen LogP contribution in [0.2, 0.25) is 0 Å². The number of hydrogen-bond acceptors (Lipinski definition) is 4. The number of aliphatic imine (C=N–C) groups is 2. The lowest BCUT2D eigenvalue weighted by atomic mass is 10.1. The summed E-state index contributed by atoms with van der Waals surface area (Å²) in [6.45, 7) is 0.875. The number of benzene rings is 1. The fraction of sp³-hybridized carbons (Fsp3) is 0.200. The largest absolute Gasteiger partial charge is 0.242 e. The van der Waals surface area contributed by atoms with Crippen LogP contribution in [0.25, 0.3) is 0 Å². The van der Waals surface area contributed by atoms with E-state index in [2.05, 4.69) is 9.98 Å². The Kier molecular flexibility index (Phi) is 4.02. The van der Waals surface area contributed by atoms with Gasteiger partial charge in [-0.3, -0.25) is 0 Å². The molecule has 0 saturated heterocycles. The summed E-state index contributed by atoms with van der Waals surface area (Å²) >= 11 is 0. The maximum Gasteiger partial charge on any atom is 0.0865 e. The van der Waals surface area contributed by atoms with Gasteiger partial charge in [0.2, 0.25) is 0 Å². The molecule has 0 bridgehead atoms. The molecule has 1 aromatic rings. The van der Waals surface area contributed by atoms with Crippen LogP contribution in [-0.4, -0.2) is 12.0 Å². The zero-order valence-corrected chi connectivity index (χ0v) is 7.62. The van der Waals surface area contributed by atoms with E-state index in [-0.39, 0.29) is 0 Å². The van der Waals surface area contributed by atoms with Gasteiger partial charge in [-0.2, -0.15) is 0 Å². The lowest BCUT2D eigenvalue weighted by Gasteiger charge is -2.02. The van der Waals surface area contributed by atoms with Crippen LogP contribution in [0.5, 0.6) is 0 Å². The van der Waals surface area contributed by atoms with Crippen LogP contribution in [-0.2, 0) is 13.1 Å². The van der Waals surface area contributed by atoms with Crippen molar-refractivity contribution in [1.82, 2.24) is 0 Å². The molecule has 0 unspecified atom stereocenters. The third-order valence-corrected chi connectivity index (χ3v) is 1.78. The van der Waals surface area contributed by atoms with E-state index in [1.807, 2.05) is 36.3 Å². The van der Waals surface area contributed by atoms with E-state index in [4.69, 9.17) is 10.8 Å². The van der Waals surface area contributed by atoms with E-state index in [1.165, 1.54) is 0 Å². The second-order valence-electron chi connectivity index (χ2n) is 2.62. The molecule has 0 radical (unpaired) electrons. The Morgan fingerprint density at radius 2 is 1.36 bits per heavy atom. The highest BCUT2D eigenvalue weighted by Crippen LogP contribution is 2.10. The molecule has 2 N–H and O–H groups in total. The molecule has 4 heteroatoms. The van der Waals surface area contributed by atoms with Crippen molar-refractivity contribution in [1.29, 1.82) is 10.8 Å². The Labute approximate surface area is 82.1 Å². The first-order valence-corrected chi connectivity index (χ1v) is 4.11. The van der Waals surface area contributed by atoms with Crippen molar-refractivity contribution in [2.75, 3.05) is 0 Å². The van der Waals surface area contributed by atoms with Gasteiger partial charge < -0.3 is 0 Å². The van der Waals surface area contributed by atoms with Crippen LogP contribution in [0.15, 0.2) is 34.3 Å². The molecule has 1 rings (SSSR count). The van der Waals surface area contributed by atoms with E-state index in [0.29, 0.717) is 13.1 Å². The van der Waals surface area contributed by atoms with Gasteiger partial charge in [-0.1, -0.05) is 24.3 Å². The third kappa shape index (κ3) is 2.79. The van der Waals surface area contributed by atoms with Gasteiger partial charge in [-0.05, 0) is 11.1 Å². The van der Waals surface area contributed by atoms with E-state index >= 15 is 0 Å². The number of rotatable bonds is 4. The minimum absolute atomic E-state index is 0.438. The number of nitrogens with one attached hydrogen (secondary N) is 2. The molecule has 0 aromatic heterocycles. The maximum absolute atomic E-state index is 6.68. The van der Waals surface area contributed by atoms with Crippen LogP contribution >= 0.6 is 0 Å². The average Bonchev–Trinajstić information content (AvgIpc) is 2.24. The first-order valence-electron chi connectivity index (χ1n) is 4.11. The minimum atomic E-state index is 0.438. The van der Waals surface area contributed by atoms with Crippen molar-refractivity contribution < 1.29 is 0 Å². The molecule has 14 heavy (non-hydrogen) atoms. The lowest BCUT2D eigenvalue weighted by molar-refractivity contribution is 0.985. The molecule has 0 saturated carbocycles. The van der Waals surface area contributed by atoms with Crippen molar-refractivity contribution in [2.24, 2.45) is 9.98 Å². The quantitative estimate of drug-likeness (QED) is 0.676. The summed E-state index contributed by atoms with van der Waals surface area (Å²) in [5.74, 6) is 0. The molecular formula is C10H10N4. The molecule has 0 aliphatic heterocycles. The minimum Gasteiger partial charge on any atom is -0.242 e. The van der Waals surface area contributed by atoms with Gasteiger partial charge in [0.15, 0.2) is 0 Å². The molecule has 0 atom stereocenters. The van der Waals surface area contributed by atoms with Crippen LogP contribution in [0.4, 0.5) is 0 Å². The summed E-state index contributed by atoms with van der Waals surface area (Å²) < 4.78 is 0. The maximum atomic E-state index is 6.68. The zero-order chi connectivity index (χ0) is 10.2. The summed E-state index contributed by atoms with van der Waals surface area (Å²) in [5, 5.41) is 13.4. The van der Waals surface area contributed by atoms with Crippen LogP contribution in [0.1, 0.15) is 11.1 Å². The first kappa shape index (κ1) is 10.1. The van der Waals surface area contributed by atoms with E-state index in [0.717, 1.165) is 11.1 Å². The van der Waals surface area contributed by atoms with Crippen LogP contribution < -0.4 is 0 Å². The third-order valence-electron chi connectivity index (χ3n) is 1.78. The summed E-state index contributed by atoms with van der Waals surface area (Å²) in [4.78, 5) is 7.44. The van der Waals surface area contributed by atoms with Crippen LogP contribution in [0.3, 0.4) is 0 Å². The topological polar surface area (TPSA) is 72.4 Å². The molecule has 0 fully saturated rings. The Bertz CT molecular complexity index is 359. The van der Waals surface area contributed by atoms with Gasteiger partial charge in [0.1, 0.15) is 0 Å². The molecular weight excluding hydrogens is 176 g/mol. The second kappa shape index (κ2) is 5.60. The molecule has 0 amide bonds. The Hall–Kier alpha value is -2.02. The predicted molar refractivity (Wildman–Crippen MR) is 54.2 cm³/mol. The molecule has 0 heterocycles. The lowest BCUT2D eigenvalue weighted by Crippen LogP contribution is -1.90. The number of nitrogens with zero attached hydrogens (tertiary/aromatic N) is 2. The number of hydrogen-bond donors (Lipinski definition) is 2. The van der Waals surface area contributed by atoms with Gasteiger partial charge in [0.25, 0.3) is 0 Å². The van der Waals surface area contributed by atoms with Gasteiger partial charge in [0, 0.05) is 0 Å². The predicted octanol–water partition coefficient (Wildman–Crippen LogP) is 2.19. The standard InChI is InChI=1S/C10H10N4/c11-7-13-5-9-3-1-2-4-10(9)6-14-8-12/h1-4,11-12H,5-6H2. The Balaban J connectivity index is 2.89. The fourth-order valence-electron chi connectivity index (χ4n) is 1.12. The van der Waals surface area contributed by atoms with Crippen molar-refractivity contribution >= 4 is 12.0 Å². The van der Waals surface area contributed by atoms with Gasteiger partial charge >= 0.3 is 0 Å². The molecule has 0 aliphatic carbocycles. The van der Waals surface area contributed by atoms with E-state index in [1.54, 1.807) is 0 Å². The highest BCUT2D eigenvalue weighted by Gasteiger charge is 1.98. The summed E-state index contributed by atoms with van der Waals surface area (Å²) in [6, 6.07) is 11.7. The van der Waals surface area contributed by atoms with Gasteiger partial charge in [-0.15, -0.1) is 0 Å². The average molecular weight is 186 g/mol. The molecule has 0 spiro atoms. The first-order chi connectivity index (χ1) is 6.88. The summed E-state index contributed by atoms with van der Waals surface area (Å²) in [5.41, 5.74) is 2.01. The monoisotopic (exact) mass is 186 g/mol. The summed E-state index contributed by atoms with van der Waals surface area (Å²) in [7, 11) is 0. The smallest absolute Gasteiger partial charge is 0.0865 e. The van der Waals surface area contributed by atoms with E-state index in [9.17, 15) is 0 Å². The van der Waals surface area contributed by atoms with Crippen LogP contribution in [0, 0.1) is 10.8 Å². The highest BCUT2D eigenvalue weighted by molar-refractivity contribution is 5.39. The Morgan fingerprint density at radius 3 is 1.71 bits per heavy atom. The Morgan fingerprint density at radius 1 is 0.929 bits per heavy atom. The molecule has 70 valence electrons. The molecule has 4 nitrogen and oxygen atoms in total. The second-order valence-corrected chi connectivity index (χ2v) is 2.62. The van der Waals surface area contributed by atoms with E-state index < -0.39 is 0 Å². The molecule has 0 aliphatic rings.